The summed E-state index contributed by atoms with van der Waals surface area (Å²) in [6.45, 7) is 11.7. The molecule has 114 valence electrons. The van der Waals surface area contributed by atoms with Crippen LogP contribution in [0.1, 0.15) is 53.4 Å². The van der Waals surface area contributed by atoms with Crippen LogP contribution in [0.2, 0.25) is 0 Å². The molecular formula is C15H31ClN2O. The predicted octanol–water partition coefficient (Wildman–Crippen LogP) is 3.08. The molecule has 0 aromatic carbocycles. The summed E-state index contributed by atoms with van der Waals surface area (Å²) >= 11 is 0. The molecule has 1 N–H and O–H groups in total. The topological polar surface area (TPSA) is 32.3 Å². The van der Waals surface area contributed by atoms with E-state index in [0.717, 1.165) is 38.4 Å². The van der Waals surface area contributed by atoms with Crippen molar-refractivity contribution in [3.63, 3.8) is 0 Å². The van der Waals surface area contributed by atoms with Crippen LogP contribution in [0, 0.1) is 11.8 Å². The number of rotatable bonds is 6. The third-order valence-corrected chi connectivity index (χ3v) is 3.73. The Morgan fingerprint density at radius 1 is 1.21 bits per heavy atom. The standard InChI is InChI=1S/C15H30N2O.ClH/c1-12(2)11-17(13(3)4)15(18)6-5-14-7-9-16-10-8-14;/h12-14,16H,5-11H2,1-4H3;1H. The second-order valence-electron chi connectivity index (χ2n) is 6.27. The molecule has 3 nitrogen and oxygen atoms in total. The van der Waals surface area contributed by atoms with E-state index in [-0.39, 0.29) is 12.4 Å². The number of hydrogen-bond donors (Lipinski definition) is 1. The zero-order chi connectivity index (χ0) is 13.5. The molecule has 0 spiro atoms. The monoisotopic (exact) mass is 290 g/mol. The van der Waals surface area contributed by atoms with Crippen LogP contribution in [0.4, 0.5) is 0 Å². The van der Waals surface area contributed by atoms with Gasteiger partial charge >= 0.3 is 0 Å². The van der Waals surface area contributed by atoms with E-state index in [9.17, 15) is 4.79 Å². The molecule has 1 aliphatic heterocycles. The summed E-state index contributed by atoms with van der Waals surface area (Å²) in [6.07, 6.45) is 4.27. The molecule has 0 bridgehead atoms. The Labute approximate surface area is 124 Å². The summed E-state index contributed by atoms with van der Waals surface area (Å²) in [5.74, 6) is 1.65. The summed E-state index contributed by atoms with van der Waals surface area (Å²) in [5, 5.41) is 3.37. The van der Waals surface area contributed by atoms with Crippen LogP contribution in [0.5, 0.6) is 0 Å². The zero-order valence-corrected chi connectivity index (χ0v) is 13.8. The largest absolute Gasteiger partial charge is 0.340 e. The highest BCUT2D eigenvalue weighted by Gasteiger charge is 2.20. The van der Waals surface area contributed by atoms with E-state index >= 15 is 0 Å². The molecule has 0 aromatic rings. The lowest BCUT2D eigenvalue weighted by molar-refractivity contribution is -0.133. The smallest absolute Gasteiger partial charge is 0.222 e. The van der Waals surface area contributed by atoms with Crippen LogP contribution in [0.15, 0.2) is 0 Å². The molecule has 1 fully saturated rings. The summed E-state index contributed by atoms with van der Waals surface area (Å²) < 4.78 is 0. The van der Waals surface area contributed by atoms with Gasteiger partial charge in [0.05, 0.1) is 0 Å². The van der Waals surface area contributed by atoms with Gasteiger partial charge in [-0.25, -0.2) is 0 Å². The van der Waals surface area contributed by atoms with E-state index in [0.29, 0.717) is 17.9 Å². The van der Waals surface area contributed by atoms with Crippen molar-refractivity contribution in [2.45, 2.75) is 59.4 Å². The molecule has 1 heterocycles. The number of carbonyl (C=O) groups excluding carboxylic acids is 1. The van der Waals surface area contributed by atoms with Crippen LogP contribution in [0.3, 0.4) is 0 Å². The van der Waals surface area contributed by atoms with Crippen molar-refractivity contribution in [1.82, 2.24) is 10.2 Å². The van der Waals surface area contributed by atoms with Gasteiger partial charge in [-0.3, -0.25) is 4.79 Å². The number of halogens is 1. The Kier molecular flexibility index (Phi) is 9.46. The molecule has 0 atom stereocenters. The number of piperidine rings is 1. The van der Waals surface area contributed by atoms with E-state index in [2.05, 4.69) is 33.0 Å². The first-order chi connectivity index (χ1) is 8.50. The maximum absolute atomic E-state index is 12.3. The Morgan fingerprint density at radius 3 is 2.26 bits per heavy atom. The lowest BCUT2D eigenvalue weighted by atomic mass is 9.93. The second-order valence-corrected chi connectivity index (χ2v) is 6.27. The van der Waals surface area contributed by atoms with Crippen molar-refractivity contribution in [3.8, 4) is 0 Å². The first-order valence-corrected chi connectivity index (χ1v) is 7.51. The van der Waals surface area contributed by atoms with Crippen LogP contribution in [0.25, 0.3) is 0 Å². The normalized spacial score (nSPS) is 16.5. The zero-order valence-electron chi connectivity index (χ0n) is 12.9. The number of carbonyl (C=O) groups is 1. The number of nitrogens with zero attached hydrogens (tertiary/aromatic N) is 1. The van der Waals surface area contributed by atoms with E-state index in [4.69, 9.17) is 0 Å². The van der Waals surface area contributed by atoms with Gasteiger partial charge in [-0.2, -0.15) is 0 Å². The van der Waals surface area contributed by atoms with Gasteiger partial charge in [0.2, 0.25) is 5.91 Å². The lowest BCUT2D eigenvalue weighted by Crippen LogP contribution is -2.39. The minimum Gasteiger partial charge on any atom is -0.340 e. The van der Waals surface area contributed by atoms with E-state index < -0.39 is 0 Å². The summed E-state index contributed by atoms with van der Waals surface area (Å²) in [7, 11) is 0. The van der Waals surface area contributed by atoms with Crippen molar-refractivity contribution in [2.75, 3.05) is 19.6 Å². The van der Waals surface area contributed by atoms with Crippen molar-refractivity contribution >= 4 is 18.3 Å². The van der Waals surface area contributed by atoms with Gasteiger partial charge < -0.3 is 10.2 Å². The highest BCUT2D eigenvalue weighted by Crippen LogP contribution is 2.19. The van der Waals surface area contributed by atoms with Gasteiger partial charge in [-0.15, -0.1) is 12.4 Å². The molecular weight excluding hydrogens is 260 g/mol. The minimum absolute atomic E-state index is 0. The SMILES string of the molecule is CC(C)CN(C(=O)CCC1CCNCC1)C(C)C.Cl. The Bertz CT molecular complexity index is 251. The molecule has 0 aromatic heterocycles. The van der Waals surface area contributed by atoms with Crippen molar-refractivity contribution < 1.29 is 4.79 Å². The van der Waals surface area contributed by atoms with Crippen LogP contribution in [-0.2, 0) is 4.79 Å². The maximum atomic E-state index is 12.3. The van der Waals surface area contributed by atoms with Crippen LogP contribution >= 0.6 is 12.4 Å². The van der Waals surface area contributed by atoms with Gasteiger partial charge in [-0.1, -0.05) is 13.8 Å². The fourth-order valence-electron chi connectivity index (χ4n) is 2.64. The van der Waals surface area contributed by atoms with Crippen molar-refractivity contribution in [1.29, 1.82) is 0 Å². The van der Waals surface area contributed by atoms with Crippen molar-refractivity contribution in [2.24, 2.45) is 11.8 Å². The summed E-state index contributed by atoms with van der Waals surface area (Å²) in [5.41, 5.74) is 0. The van der Waals surface area contributed by atoms with Crippen molar-refractivity contribution in [3.05, 3.63) is 0 Å². The molecule has 19 heavy (non-hydrogen) atoms. The average molecular weight is 291 g/mol. The molecule has 1 aliphatic rings. The van der Waals surface area contributed by atoms with E-state index in [1.807, 2.05) is 4.90 Å². The summed E-state index contributed by atoms with van der Waals surface area (Å²) in [4.78, 5) is 14.3. The maximum Gasteiger partial charge on any atom is 0.222 e. The average Bonchev–Trinajstić information content (AvgIpc) is 2.34. The molecule has 0 aliphatic carbocycles. The number of amides is 1. The van der Waals surface area contributed by atoms with Crippen LogP contribution in [-0.4, -0.2) is 36.5 Å². The lowest BCUT2D eigenvalue weighted by Gasteiger charge is -2.30. The van der Waals surface area contributed by atoms with Crippen LogP contribution < -0.4 is 5.32 Å². The summed E-state index contributed by atoms with van der Waals surface area (Å²) in [6, 6.07) is 0.327. The number of nitrogens with one attached hydrogen (secondary N) is 1. The number of hydrogen-bond acceptors (Lipinski definition) is 2. The van der Waals surface area contributed by atoms with E-state index in [1.54, 1.807) is 0 Å². The van der Waals surface area contributed by atoms with Gasteiger partial charge in [0, 0.05) is 19.0 Å². The Hall–Kier alpha value is -0.280. The molecule has 4 heteroatoms. The fourth-order valence-corrected chi connectivity index (χ4v) is 2.64. The van der Waals surface area contributed by atoms with E-state index in [1.165, 1.54) is 12.8 Å². The highest BCUT2D eigenvalue weighted by molar-refractivity contribution is 5.85. The Morgan fingerprint density at radius 2 is 1.79 bits per heavy atom. The molecule has 1 amide bonds. The quantitative estimate of drug-likeness (QED) is 0.815. The Balaban J connectivity index is 0.00000324. The highest BCUT2D eigenvalue weighted by atomic mass is 35.5. The first kappa shape index (κ1) is 18.7. The second kappa shape index (κ2) is 9.60. The van der Waals surface area contributed by atoms with Gasteiger partial charge in [-0.05, 0) is 58.0 Å². The van der Waals surface area contributed by atoms with Gasteiger partial charge in [0.15, 0.2) is 0 Å². The molecule has 1 saturated heterocycles. The molecule has 0 unspecified atom stereocenters. The minimum atomic E-state index is 0. The molecule has 0 saturated carbocycles. The van der Waals surface area contributed by atoms with Gasteiger partial charge in [0.25, 0.3) is 0 Å². The predicted molar refractivity (Wildman–Crippen MR) is 83.8 cm³/mol. The van der Waals surface area contributed by atoms with Gasteiger partial charge in [0.1, 0.15) is 0 Å². The third kappa shape index (κ3) is 7.17. The fraction of sp³-hybridized carbons (Fsp3) is 0.933. The first-order valence-electron chi connectivity index (χ1n) is 7.51. The third-order valence-electron chi connectivity index (χ3n) is 3.73. The molecule has 0 radical (unpaired) electrons. The molecule has 1 rings (SSSR count).